The summed E-state index contributed by atoms with van der Waals surface area (Å²) in [5.41, 5.74) is -1.11. The molecule has 0 saturated heterocycles. The van der Waals surface area contributed by atoms with Crippen molar-refractivity contribution in [2.24, 2.45) is 0 Å². The Kier molecular flexibility index (Phi) is 5.30. The number of nitrogens with one attached hydrogen (secondary N) is 1. The highest BCUT2D eigenvalue weighted by Crippen LogP contribution is 2.38. The zero-order chi connectivity index (χ0) is 21.3. The molecule has 7 nitrogen and oxygen atoms in total. The van der Waals surface area contributed by atoms with E-state index >= 15 is 0 Å². The van der Waals surface area contributed by atoms with Crippen LogP contribution >= 0.6 is 23.2 Å². The monoisotopic (exact) mass is 425 g/mol. The Morgan fingerprint density at radius 2 is 1.79 bits per heavy atom. The maximum absolute atomic E-state index is 12.2. The number of aryl methyl sites for hydroxylation is 1. The Hall–Kier alpha value is -3.39. The van der Waals surface area contributed by atoms with Crippen molar-refractivity contribution in [1.29, 1.82) is 10.5 Å². The van der Waals surface area contributed by atoms with Gasteiger partial charge in [-0.25, -0.2) is 4.79 Å². The minimum absolute atomic E-state index is 0.225. The molecular weight excluding hydrogens is 413 g/mol. The number of nitrogens with zero attached hydrogens (tertiary/aromatic N) is 4. The molecule has 1 heterocycles. The summed E-state index contributed by atoms with van der Waals surface area (Å²) >= 11 is 12.4. The van der Waals surface area contributed by atoms with Crippen LogP contribution in [0.1, 0.15) is 29.3 Å². The molecule has 0 bridgehead atoms. The van der Waals surface area contributed by atoms with E-state index in [0.29, 0.717) is 21.7 Å². The molecule has 1 atom stereocenters. The fraction of sp³-hybridized carbons (Fsp3) is 0.150. The van der Waals surface area contributed by atoms with E-state index in [9.17, 15) is 14.9 Å². The van der Waals surface area contributed by atoms with Crippen LogP contribution in [0.2, 0.25) is 10.0 Å². The number of aromatic amines is 1. The average Bonchev–Trinajstić information content (AvgIpc) is 2.70. The van der Waals surface area contributed by atoms with Crippen LogP contribution in [-0.2, 0) is 5.41 Å². The number of H-pyrrole nitrogens is 1. The van der Waals surface area contributed by atoms with Gasteiger partial charge in [-0.05, 0) is 48.7 Å². The van der Waals surface area contributed by atoms with Gasteiger partial charge in [0, 0.05) is 10.0 Å². The summed E-state index contributed by atoms with van der Waals surface area (Å²) in [5, 5.41) is 23.5. The third-order valence-electron chi connectivity index (χ3n) is 4.63. The SMILES string of the molecule is Cc1cc(C(C)(C#N)c2ccc(Cl)cc2)c(Cl)cc1-n1nc(C#N)c(=O)[nH]c1=O. The van der Waals surface area contributed by atoms with Gasteiger partial charge in [0.1, 0.15) is 11.5 Å². The van der Waals surface area contributed by atoms with Gasteiger partial charge in [-0.2, -0.15) is 15.2 Å². The Labute approximate surface area is 175 Å². The van der Waals surface area contributed by atoms with Crippen LogP contribution in [-0.4, -0.2) is 14.8 Å². The topological polar surface area (TPSA) is 115 Å². The minimum Gasteiger partial charge on any atom is -0.270 e. The Balaban J connectivity index is 2.22. The number of aromatic nitrogens is 3. The molecule has 0 aliphatic rings. The summed E-state index contributed by atoms with van der Waals surface area (Å²) < 4.78 is 0.900. The summed E-state index contributed by atoms with van der Waals surface area (Å²) in [5.74, 6) is 0. The van der Waals surface area contributed by atoms with Crippen LogP contribution in [0.3, 0.4) is 0 Å². The first-order valence-electron chi connectivity index (χ1n) is 8.33. The summed E-state index contributed by atoms with van der Waals surface area (Å²) in [6, 6.07) is 14.0. The Bertz CT molecular complexity index is 1310. The van der Waals surface area contributed by atoms with Crippen LogP contribution in [0.5, 0.6) is 0 Å². The van der Waals surface area contributed by atoms with E-state index in [1.807, 2.05) is 4.98 Å². The fourth-order valence-corrected chi connectivity index (χ4v) is 3.46. The van der Waals surface area contributed by atoms with E-state index in [1.165, 1.54) is 6.07 Å². The van der Waals surface area contributed by atoms with Gasteiger partial charge in [0.05, 0.1) is 11.8 Å². The van der Waals surface area contributed by atoms with Gasteiger partial charge < -0.3 is 0 Å². The quantitative estimate of drug-likeness (QED) is 0.691. The first-order valence-corrected chi connectivity index (χ1v) is 9.09. The van der Waals surface area contributed by atoms with Gasteiger partial charge >= 0.3 is 5.69 Å². The van der Waals surface area contributed by atoms with Crippen molar-refractivity contribution in [3.63, 3.8) is 0 Å². The molecule has 2 aromatic carbocycles. The molecule has 29 heavy (non-hydrogen) atoms. The van der Waals surface area contributed by atoms with Gasteiger partial charge in [0.25, 0.3) is 5.56 Å². The van der Waals surface area contributed by atoms with E-state index in [2.05, 4.69) is 11.2 Å². The Morgan fingerprint density at radius 3 is 2.38 bits per heavy atom. The van der Waals surface area contributed by atoms with Crippen molar-refractivity contribution >= 4 is 23.2 Å². The lowest BCUT2D eigenvalue weighted by Crippen LogP contribution is -2.33. The van der Waals surface area contributed by atoms with E-state index in [0.717, 1.165) is 4.68 Å². The van der Waals surface area contributed by atoms with Gasteiger partial charge in [-0.3, -0.25) is 9.78 Å². The number of benzene rings is 2. The van der Waals surface area contributed by atoms with E-state index in [1.54, 1.807) is 50.2 Å². The number of hydrogen-bond acceptors (Lipinski definition) is 5. The molecule has 0 amide bonds. The highest BCUT2D eigenvalue weighted by molar-refractivity contribution is 6.32. The molecule has 144 valence electrons. The van der Waals surface area contributed by atoms with Crippen LogP contribution in [0, 0.1) is 29.6 Å². The predicted octanol–water partition coefficient (Wildman–Crippen LogP) is 3.24. The van der Waals surface area contributed by atoms with Crippen LogP contribution < -0.4 is 11.2 Å². The highest BCUT2D eigenvalue weighted by Gasteiger charge is 2.32. The smallest absolute Gasteiger partial charge is 0.270 e. The van der Waals surface area contributed by atoms with Crippen molar-refractivity contribution < 1.29 is 0 Å². The van der Waals surface area contributed by atoms with E-state index in [-0.39, 0.29) is 10.7 Å². The largest absolute Gasteiger partial charge is 0.349 e. The van der Waals surface area contributed by atoms with E-state index < -0.39 is 22.4 Å². The molecule has 9 heteroatoms. The molecule has 0 saturated carbocycles. The second-order valence-corrected chi connectivity index (χ2v) is 7.34. The van der Waals surface area contributed by atoms with Gasteiger partial charge in [0.15, 0.2) is 0 Å². The fourth-order valence-electron chi connectivity index (χ4n) is 2.98. The molecule has 1 N–H and O–H groups in total. The van der Waals surface area contributed by atoms with Crippen molar-refractivity contribution in [1.82, 2.24) is 14.8 Å². The summed E-state index contributed by atoms with van der Waals surface area (Å²) in [6.45, 7) is 3.44. The molecule has 3 aromatic rings. The summed E-state index contributed by atoms with van der Waals surface area (Å²) in [7, 11) is 0. The molecule has 0 aliphatic carbocycles. The summed E-state index contributed by atoms with van der Waals surface area (Å²) in [6.07, 6.45) is 0. The van der Waals surface area contributed by atoms with Gasteiger partial charge in [0.2, 0.25) is 5.69 Å². The van der Waals surface area contributed by atoms with E-state index in [4.69, 9.17) is 28.5 Å². The molecule has 3 rings (SSSR count). The second kappa shape index (κ2) is 7.56. The molecule has 1 aromatic heterocycles. The summed E-state index contributed by atoms with van der Waals surface area (Å²) in [4.78, 5) is 25.8. The standard InChI is InChI=1S/C20H13Cl2N5O2/c1-11-7-14(20(2,10-24)12-3-5-13(21)6-4-12)15(22)8-17(11)27-19(29)25-18(28)16(9-23)26-27/h3-8H,1-2H3,(H,25,28,29). The highest BCUT2D eigenvalue weighted by atomic mass is 35.5. The zero-order valence-corrected chi connectivity index (χ0v) is 16.8. The third kappa shape index (κ3) is 3.54. The van der Waals surface area contributed by atoms with Crippen LogP contribution in [0.15, 0.2) is 46.0 Å². The first kappa shape index (κ1) is 20.3. The first-order chi connectivity index (χ1) is 13.7. The number of hydrogen-bond donors (Lipinski definition) is 1. The maximum atomic E-state index is 12.2. The van der Waals surface area contributed by atoms with Crippen LogP contribution in [0.25, 0.3) is 5.69 Å². The Morgan fingerprint density at radius 1 is 1.14 bits per heavy atom. The normalized spacial score (nSPS) is 12.6. The van der Waals surface area contributed by atoms with Crippen molar-refractivity contribution in [3.05, 3.63) is 89.7 Å². The third-order valence-corrected chi connectivity index (χ3v) is 5.20. The molecule has 0 radical (unpaired) electrons. The molecular formula is C20H13Cl2N5O2. The van der Waals surface area contributed by atoms with Gasteiger partial charge in [-0.15, -0.1) is 5.10 Å². The molecule has 0 fully saturated rings. The predicted molar refractivity (Wildman–Crippen MR) is 108 cm³/mol. The minimum atomic E-state index is -1.08. The number of halogens is 2. The zero-order valence-electron chi connectivity index (χ0n) is 15.3. The lowest BCUT2D eigenvalue weighted by atomic mass is 9.77. The average molecular weight is 426 g/mol. The molecule has 1 unspecified atom stereocenters. The van der Waals surface area contributed by atoms with Gasteiger partial charge in [-0.1, -0.05) is 41.4 Å². The van der Waals surface area contributed by atoms with Crippen molar-refractivity contribution in [2.75, 3.05) is 0 Å². The number of rotatable bonds is 3. The second-order valence-electron chi connectivity index (χ2n) is 6.49. The maximum Gasteiger partial charge on any atom is 0.349 e. The number of nitriles is 2. The van der Waals surface area contributed by atoms with Crippen LogP contribution in [0.4, 0.5) is 0 Å². The van der Waals surface area contributed by atoms with Crippen molar-refractivity contribution in [2.45, 2.75) is 19.3 Å². The molecule has 0 aliphatic heterocycles. The lowest BCUT2D eigenvalue weighted by molar-refractivity contribution is 0.723. The molecule has 0 spiro atoms. The lowest BCUT2D eigenvalue weighted by Gasteiger charge is -2.25. The van der Waals surface area contributed by atoms with Crippen molar-refractivity contribution in [3.8, 4) is 17.8 Å².